The van der Waals surface area contributed by atoms with Crippen molar-refractivity contribution in [3.8, 4) is 17.6 Å². The average molecular weight is 488 g/mol. The van der Waals surface area contributed by atoms with Crippen molar-refractivity contribution in [1.82, 2.24) is 0 Å². The van der Waals surface area contributed by atoms with E-state index in [2.05, 4.69) is 0 Å². The highest BCUT2D eigenvalue weighted by molar-refractivity contribution is 5.92. The maximum absolute atomic E-state index is 13.0. The van der Waals surface area contributed by atoms with Gasteiger partial charge in [0.1, 0.15) is 35.5 Å². The summed E-state index contributed by atoms with van der Waals surface area (Å²) in [7, 11) is 1.43. The van der Waals surface area contributed by atoms with Gasteiger partial charge >= 0.3 is 12.1 Å². The first-order valence-electron chi connectivity index (χ1n) is 10.5. The number of benzene rings is 2. The van der Waals surface area contributed by atoms with E-state index in [1.54, 1.807) is 32.0 Å². The number of methoxy groups -OCH3 is 1. The maximum atomic E-state index is 13.0. The molecule has 0 aliphatic carbocycles. The number of esters is 1. The van der Waals surface area contributed by atoms with Gasteiger partial charge in [-0.05, 0) is 49.7 Å². The Kier molecular flexibility index (Phi) is 7.59. The molecule has 1 atom stereocenters. The van der Waals surface area contributed by atoms with Gasteiger partial charge in [0, 0.05) is 5.56 Å². The van der Waals surface area contributed by atoms with Crippen molar-refractivity contribution in [2.75, 3.05) is 13.7 Å². The van der Waals surface area contributed by atoms with Gasteiger partial charge in [0.2, 0.25) is 5.88 Å². The zero-order valence-electron chi connectivity index (χ0n) is 19.2. The summed E-state index contributed by atoms with van der Waals surface area (Å²) in [4.78, 5) is 12.7. The number of carbonyl (C=O) groups excluding carboxylic acids is 1. The Bertz CT molecular complexity index is 1230. The van der Waals surface area contributed by atoms with Crippen LogP contribution in [0.15, 0.2) is 65.3 Å². The highest BCUT2D eigenvalue weighted by Gasteiger charge is 2.36. The van der Waals surface area contributed by atoms with Crippen molar-refractivity contribution < 1.29 is 36.9 Å². The van der Waals surface area contributed by atoms with Gasteiger partial charge in [0.05, 0.1) is 30.8 Å². The lowest BCUT2D eigenvalue weighted by atomic mass is 9.82. The molecule has 2 aromatic carbocycles. The standard InChI is InChI=1S/C25H23F3N2O5/c1-4-33-24(31)21-14(2)35-23(30)19(12-29)22(21)15-8-9-20(32-3)16(10-15)13-34-18-7-5-6-17(11-18)25(26,27)28/h5-11,22H,4,13,30H2,1-3H3/t22-/m1/s1. The third-order valence-corrected chi connectivity index (χ3v) is 5.29. The Labute approximate surface area is 200 Å². The Hall–Kier alpha value is -4.13. The minimum Gasteiger partial charge on any atom is -0.496 e. The molecule has 184 valence electrons. The predicted octanol–water partition coefficient (Wildman–Crippen LogP) is 4.94. The fourth-order valence-corrected chi connectivity index (χ4v) is 3.70. The molecule has 0 amide bonds. The molecule has 35 heavy (non-hydrogen) atoms. The van der Waals surface area contributed by atoms with Gasteiger partial charge in [0.15, 0.2) is 0 Å². The van der Waals surface area contributed by atoms with E-state index in [1.807, 2.05) is 6.07 Å². The van der Waals surface area contributed by atoms with Crippen LogP contribution in [-0.4, -0.2) is 19.7 Å². The van der Waals surface area contributed by atoms with E-state index in [0.717, 1.165) is 12.1 Å². The summed E-state index contributed by atoms with van der Waals surface area (Å²) in [6, 6.07) is 11.4. The molecule has 2 aromatic rings. The van der Waals surface area contributed by atoms with E-state index in [-0.39, 0.29) is 41.8 Å². The Morgan fingerprint density at radius 2 is 1.97 bits per heavy atom. The summed E-state index contributed by atoms with van der Waals surface area (Å²) in [5.41, 5.74) is 6.21. The molecule has 1 heterocycles. The summed E-state index contributed by atoms with van der Waals surface area (Å²) in [5, 5.41) is 9.74. The highest BCUT2D eigenvalue weighted by Crippen LogP contribution is 2.41. The maximum Gasteiger partial charge on any atom is 0.416 e. The van der Waals surface area contributed by atoms with Gasteiger partial charge in [-0.25, -0.2) is 4.79 Å². The van der Waals surface area contributed by atoms with E-state index in [4.69, 9.17) is 24.7 Å². The molecular weight excluding hydrogens is 465 g/mol. The van der Waals surface area contributed by atoms with E-state index < -0.39 is 23.6 Å². The summed E-state index contributed by atoms with van der Waals surface area (Å²) in [5.74, 6) is -1.06. The van der Waals surface area contributed by atoms with E-state index in [0.29, 0.717) is 16.9 Å². The molecule has 7 nitrogen and oxygen atoms in total. The van der Waals surface area contributed by atoms with Gasteiger partial charge in [-0.3, -0.25) is 0 Å². The molecule has 0 aromatic heterocycles. The molecule has 2 N–H and O–H groups in total. The average Bonchev–Trinajstić information content (AvgIpc) is 2.81. The lowest BCUT2D eigenvalue weighted by Crippen LogP contribution is -2.25. The summed E-state index contributed by atoms with van der Waals surface area (Å²) < 4.78 is 60.6. The predicted molar refractivity (Wildman–Crippen MR) is 119 cm³/mol. The quantitative estimate of drug-likeness (QED) is 0.551. The number of allylic oxidation sites excluding steroid dienone is 2. The number of halogens is 3. The van der Waals surface area contributed by atoms with Crippen molar-refractivity contribution >= 4 is 5.97 Å². The first-order chi connectivity index (χ1) is 16.6. The number of carbonyl (C=O) groups is 1. The van der Waals surface area contributed by atoms with Crippen molar-refractivity contribution in [2.24, 2.45) is 5.73 Å². The van der Waals surface area contributed by atoms with Crippen LogP contribution in [0.4, 0.5) is 13.2 Å². The first-order valence-corrected chi connectivity index (χ1v) is 10.5. The SMILES string of the molecule is CCOC(=O)C1=C(C)OC(N)=C(C#N)[C@H]1c1ccc(OC)c(COc2cccc(C(F)(F)F)c2)c1. The monoisotopic (exact) mass is 488 g/mol. The zero-order valence-corrected chi connectivity index (χ0v) is 19.2. The first kappa shape index (κ1) is 25.5. The van der Waals surface area contributed by atoms with Gasteiger partial charge in [-0.2, -0.15) is 18.4 Å². The van der Waals surface area contributed by atoms with Crippen LogP contribution < -0.4 is 15.2 Å². The minimum atomic E-state index is -4.51. The van der Waals surface area contributed by atoms with Crippen molar-refractivity contribution in [1.29, 1.82) is 5.26 Å². The molecule has 3 rings (SSSR count). The lowest BCUT2D eigenvalue weighted by Gasteiger charge is -2.27. The smallest absolute Gasteiger partial charge is 0.416 e. The summed E-state index contributed by atoms with van der Waals surface area (Å²) in [6.07, 6.45) is -4.51. The summed E-state index contributed by atoms with van der Waals surface area (Å²) >= 11 is 0. The number of nitrogens with two attached hydrogens (primary N) is 1. The minimum absolute atomic E-state index is 0.0168. The van der Waals surface area contributed by atoms with Crippen molar-refractivity contribution in [3.63, 3.8) is 0 Å². The van der Waals surface area contributed by atoms with E-state index >= 15 is 0 Å². The number of ether oxygens (including phenoxy) is 4. The van der Waals surface area contributed by atoms with Gasteiger partial charge in [-0.15, -0.1) is 0 Å². The largest absolute Gasteiger partial charge is 0.496 e. The normalized spacial score (nSPS) is 15.9. The fourth-order valence-electron chi connectivity index (χ4n) is 3.70. The molecule has 0 bridgehead atoms. The lowest BCUT2D eigenvalue weighted by molar-refractivity contribution is -0.139. The molecule has 0 fully saturated rings. The van der Waals surface area contributed by atoms with Crippen LogP contribution in [0.1, 0.15) is 36.5 Å². The molecule has 0 saturated carbocycles. The van der Waals surface area contributed by atoms with Crippen molar-refractivity contribution in [2.45, 2.75) is 32.5 Å². The van der Waals surface area contributed by atoms with Crippen LogP contribution in [0.5, 0.6) is 11.5 Å². The van der Waals surface area contributed by atoms with Crippen LogP contribution >= 0.6 is 0 Å². The molecule has 1 aliphatic heterocycles. The molecule has 1 aliphatic rings. The molecule has 0 unspecified atom stereocenters. The van der Waals surface area contributed by atoms with Crippen LogP contribution in [0.25, 0.3) is 0 Å². The number of rotatable bonds is 7. The number of hydrogen-bond donors (Lipinski definition) is 1. The summed E-state index contributed by atoms with van der Waals surface area (Å²) in [6.45, 7) is 3.17. The Morgan fingerprint density at radius 3 is 2.60 bits per heavy atom. The Morgan fingerprint density at radius 1 is 1.23 bits per heavy atom. The highest BCUT2D eigenvalue weighted by atomic mass is 19.4. The molecule has 0 radical (unpaired) electrons. The number of nitriles is 1. The van der Waals surface area contributed by atoms with Crippen LogP contribution in [0.3, 0.4) is 0 Å². The fraction of sp³-hybridized carbons (Fsp3) is 0.280. The van der Waals surface area contributed by atoms with Gasteiger partial charge in [0.25, 0.3) is 0 Å². The number of alkyl halides is 3. The third kappa shape index (κ3) is 5.51. The second-order valence-corrected chi connectivity index (χ2v) is 7.50. The molecule has 0 spiro atoms. The van der Waals surface area contributed by atoms with Crippen LogP contribution in [0, 0.1) is 11.3 Å². The second kappa shape index (κ2) is 10.4. The third-order valence-electron chi connectivity index (χ3n) is 5.29. The van der Waals surface area contributed by atoms with E-state index in [9.17, 15) is 23.2 Å². The van der Waals surface area contributed by atoms with Crippen LogP contribution in [-0.2, 0) is 27.1 Å². The number of nitrogens with zero attached hydrogens (tertiary/aromatic N) is 1. The Balaban J connectivity index is 2.01. The molecule has 10 heteroatoms. The van der Waals surface area contributed by atoms with Gasteiger partial charge < -0.3 is 24.7 Å². The van der Waals surface area contributed by atoms with E-state index in [1.165, 1.54) is 19.2 Å². The topological polar surface area (TPSA) is 104 Å². The molecule has 0 saturated heterocycles. The van der Waals surface area contributed by atoms with Crippen LogP contribution in [0.2, 0.25) is 0 Å². The molecular formula is C25H23F3N2O5. The zero-order chi connectivity index (χ0) is 25.8. The van der Waals surface area contributed by atoms with Crippen molar-refractivity contribution in [3.05, 3.63) is 81.9 Å². The number of hydrogen-bond acceptors (Lipinski definition) is 7. The van der Waals surface area contributed by atoms with Gasteiger partial charge in [-0.1, -0.05) is 12.1 Å². The second-order valence-electron chi connectivity index (χ2n) is 7.50.